The van der Waals surface area contributed by atoms with Crippen molar-refractivity contribution in [2.24, 2.45) is 5.92 Å². The van der Waals surface area contributed by atoms with E-state index in [9.17, 15) is 4.79 Å². The summed E-state index contributed by atoms with van der Waals surface area (Å²) in [7, 11) is 4.05. The molecular weight excluding hydrogens is 274 g/mol. The number of ether oxygens (including phenoxy) is 1. The molecule has 1 unspecified atom stereocenters. The first-order valence-corrected chi connectivity index (χ1v) is 8.56. The molecule has 2 rings (SSSR count). The summed E-state index contributed by atoms with van der Waals surface area (Å²) < 4.78 is 5.83. The number of aryl methyl sites for hydroxylation is 1. The maximum atomic E-state index is 12.5. The van der Waals surface area contributed by atoms with Crippen molar-refractivity contribution in [1.29, 1.82) is 0 Å². The van der Waals surface area contributed by atoms with Gasteiger partial charge >= 0.3 is 0 Å². The number of carbonyl (C=O) groups is 1. The van der Waals surface area contributed by atoms with Crippen molar-refractivity contribution < 1.29 is 9.53 Å². The molecule has 0 N–H and O–H groups in total. The SMILES string of the molecule is CCCCCCOc1ccc2c(c1)CCC(CN(C)C)C2=O. The second kappa shape index (κ2) is 8.33. The minimum absolute atomic E-state index is 0.142. The van der Waals surface area contributed by atoms with E-state index >= 15 is 0 Å². The molecule has 3 nitrogen and oxygen atoms in total. The molecule has 1 aromatic rings. The summed E-state index contributed by atoms with van der Waals surface area (Å²) >= 11 is 0. The molecule has 3 heteroatoms. The zero-order valence-corrected chi connectivity index (χ0v) is 14.2. The van der Waals surface area contributed by atoms with Crippen LogP contribution in [0.25, 0.3) is 0 Å². The predicted octanol–water partition coefficient (Wildman–Crippen LogP) is 3.95. The molecule has 0 saturated carbocycles. The molecule has 0 aromatic heterocycles. The largest absolute Gasteiger partial charge is 0.494 e. The van der Waals surface area contributed by atoms with Crippen LogP contribution in [0.2, 0.25) is 0 Å². The number of benzene rings is 1. The summed E-state index contributed by atoms with van der Waals surface area (Å²) in [4.78, 5) is 14.6. The van der Waals surface area contributed by atoms with Crippen LogP contribution in [0, 0.1) is 5.92 Å². The number of fused-ring (bicyclic) bond motifs is 1. The van der Waals surface area contributed by atoms with Crippen molar-refractivity contribution in [3.8, 4) is 5.75 Å². The summed E-state index contributed by atoms with van der Waals surface area (Å²) in [5.74, 6) is 1.35. The molecule has 0 heterocycles. The molecule has 0 radical (unpaired) electrons. The molecular formula is C19H29NO2. The van der Waals surface area contributed by atoms with Gasteiger partial charge in [0.15, 0.2) is 5.78 Å². The van der Waals surface area contributed by atoms with Crippen LogP contribution in [0.4, 0.5) is 0 Å². The van der Waals surface area contributed by atoms with E-state index in [-0.39, 0.29) is 5.92 Å². The Bertz CT molecular complexity index is 496. The average Bonchev–Trinajstić information content (AvgIpc) is 2.49. The molecule has 22 heavy (non-hydrogen) atoms. The van der Waals surface area contributed by atoms with Crippen LogP contribution in [0.15, 0.2) is 18.2 Å². The highest BCUT2D eigenvalue weighted by Crippen LogP contribution is 2.29. The van der Waals surface area contributed by atoms with Crippen molar-refractivity contribution in [2.75, 3.05) is 27.2 Å². The van der Waals surface area contributed by atoms with Gasteiger partial charge < -0.3 is 9.64 Å². The fourth-order valence-electron chi connectivity index (χ4n) is 3.12. The highest BCUT2D eigenvalue weighted by Gasteiger charge is 2.27. The van der Waals surface area contributed by atoms with E-state index in [1.165, 1.54) is 19.3 Å². The minimum Gasteiger partial charge on any atom is -0.494 e. The van der Waals surface area contributed by atoms with E-state index in [1.807, 2.05) is 26.2 Å². The van der Waals surface area contributed by atoms with Crippen LogP contribution in [0.5, 0.6) is 5.75 Å². The molecule has 0 amide bonds. The van der Waals surface area contributed by atoms with Crippen LogP contribution in [-0.4, -0.2) is 37.9 Å². The van der Waals surface area contributed by atoms with Crippen molar-refractivity contribution >= 4 is 5.78 Å². The Morgan fingerprint density at radius 2 is 2.05 bits per heavy atom. The third-order valence-corrected chi connectivity index (χ3v) is 4.33. The second-order valence-corrected chi connectivity index (χ2v) is 6.59. The van der Waals surface area contributed by atoms with E-state index in [4.69, 9.17) is 4.74 Å². The number of unbranched alkanes of at least 4 members (excludes halogenated alkanes) is 3. The molecule has 0 fully saturated rings. The monoisotopic (exact) mass is 303 g/mol. The van der Waals surface area contributed by atoms with Gasteiger partial charge in [0.25, 0.3) is 0 Å². The van der Waals surface area contributed by atoms with Crippen molar-refractivity contribution in [3.63, 3.8) is 0 Å². The molecule has 1 aromatic carbocycles. The Labute approximate surface area is 134 Å². The van der Waals surface area contributed by atoms with Gasteiger partial charge in [-0.15, -0.1) is 0 Å². The lowest BCUT2D eigenvalue weighted by atomic mass is 9.82. The molecule has 0 spiro atoms. The third-order valence-electron chi connectivity index (χ3n) is 4.33. The highest BCUT2D eigenvalue weighted by atomic mass is 16.5. The van der Waals surface area contributed by atoms with Crippen molar-refractivity contribution in [1.82, 2.24) is 4.90 Å². The van der Waals surface area contributed by atoms with Crippen LogP contribution >= 0.6 is 0 Å². The number of rotatable bonds is 8. The molecule has 0 bridgehead atoms. The lowest BCUT2D eigenvalue weighted by molar-refractivity contribution is 0.0877. The third kappa shape index (κ3) is 4.57. The summed E-state index contributed by atoms with van der Waals surface area (Å²) in [6.45, 7) is 3.83. The fourth-order valence-corrected chi connectivity index (χ4v) is 3.12. The van der Waals surface area contributed by atoms with E-state index in [0.29, 0.717) is 5.78 Å². The zero-order chi connectivity index (χ0) is 15.9. The van der Waals surface area contributed by atoms with E-state index in [2.05, 4.69) is 17.9 Å². The smallest absolute Gasteiger partial charge is 0.167 e. The molecule has 0 aliphatic heterocycles. The molecule has 1 aliphatic carbocycles. The molecule has 1 aliphatic rings. The lowest BCUT2D eigenvalue weighted by Gasteiger charge is -2.26. The standard InChI is InChI=1S/C19H29NO2/c1-4-5-6-7-12-22-17-10-11-18-15(13-17)8-9-16(19(18)21)14-20(2)3/h10-11,13,16H,4-9,12,14H2,1-3H3. The topological polar surface area (TPSA) is 29.5 Å². The Hall–Kier alpha value is -1.35. The first kappa shape index (κ1) is 17.0. The van der Waals surface area contributed by atoms with E-state index in [0.717, 1.165) is 49.3 Å². The summed E-state index contributed by atoms with van der Waals surface area (Å²) in [6, 6.07) is 5.98. The zero-order valence-electron chi connectivity index (χ0n) is 14.2. The first-order chi connectivity index (χ1) is 10.6. The lowest BCUT2D eigenvalue weighted by Crippen LogP contribution is -2.31. The maximum Gasteiger partial charge on any atom is 0.167 e. The quantitative estimate of drug-likeness (QED) is 0.681. The van der Waals surface area contributed by atoms with Gasteiger partial charge in [0.1, 0.15) is 5.75 Å². The van der Waals surface area contributed by atoms with Gasteiger partial charge in [-0.2, -0.15) is 0 Å². The van der Waals surface area contributed by atoms with Crippen molar-refractivity contribution in [3.05, 3.63) is 29.3 Å². The maximum absolute atomic E-state index is 12.5. The van der Waals surface area contributed by atoms with E-state index in [1.54, 1.807) is 0 Å². The first-order valence-electron chi connectivity index (χ1n) is 8.56. The number of ketones is 1. The average molecular weight is 303 g/mol. The highest BCUT2D eigenvalue weighted by molar-refractivity contribution is 6.00. The van der Waals surface area contributed by atoms with Crippen LogP contribution in [0.1, 0.15) is 54.9 Å². The Morgan fingerprint density at radius 1 is 1.23 bits per heavy atom. The van der Waals surface area contributed by atoms with Crippen LogP contribution < -0.4 is 4.74 Å². The van der Waals surface area contributed by atoms with E-state index < -0.39 is 0 Å². The predicted molar refractivity (Wildman–Crippen MR) is 90.8 cm³/mol. The molecule has 0 saturated heterocycles. The summed E-state index contributed by atoms with van der Waals surface area (Å²) in [5.41, 5.74) is 2.06. The number of Topliss-reactive ketones (excluding diaryl/α,β-unsaturated/α-hetero) is 1. The normalized spacial score (nSPS) is 17.6. The van der Waals surface area contributed by atoms with Gasteiger partial charge in [0.2, 0.25) is 0 Å². The van der Waals surface area contributed by atoms with Gasteiger partial charge in [0, 0.05) is 18.0 Å². The Balaban J connectivity index is 1.93. The minimum atomic E-state index is 0.142. The Kier molecular flexibility index (Phi) is 6.44. The summed E-state index contributed by atoms with van der Waals surface area (Å²) in [5, 5.41) is 0. The van der Waals surface area contributed by atoms with Gasteiger partial charge in [0.05, 0.1) is 6.61 Å². The number of nitrogens with zero attached hydrogens (tertiary/aromatic N) is 1. The van der Waals surface area contributed by atoms with Gasteiger partial charge in [-0.3, -0.25) is 4.79 Å². The molecule has 1 atom stereocenters. The van der Waals surface area contributed by atoms with Gasteiger partial charge in [-0.1, -0.05) is 26.2 Å². The van der Waals surface area contributed by atoms with Crippen molar-refractivity contribution in [2.45, 2.75) is 45.4 Å². The van der Waals surface area contributed by atoms with Crippen LogP contribution in [0.3, 0.4) is 0 Å². The fraction of sp³-hybridized carbons (Fsp3) is 0.632. The van der Waals surface area contributed by atoms with Gasteiger partial charge in [-0.25, -0.2) is 0 Å². The Morgan fingerprint density at radius 3 is 2.77 bits per heavy atom. The van der Waals surface area contributed by atoms with Gasteiger partial charge in [-0.05, 0) is 57.1 Å². The number of hydrogen-bond acceptors (Lipinski definition) is 3. The second-order valence-electron chi connectivity index (χ2n) is 6.59. The molecule has 122 valence electrons. The summed E-state index contributed by atoms with van der Waals surface area (Å²) in [6.07, 6.45) is 6.78. The number of carbonyl (C=O) groups excluding carboxylic acids is 1. The van der Waals surface area contributed by atoms with Crippen LogP contribution in [-0.2, 0) is 6.42 Å². The number of hydrogen-bond donors (Lipinski definition) is 0.